The summed E-state index contributed by atoms with van der Waals surface area (Å²) in [5, 5.41) is 9.91. The predicted octanol–water partition coefficient (Wildman–Crippen LogP) is 0.725. The highest BCUT2D eigenvalue weighted by Crippen LogP contribution is 2.07. The monoisotopic (exact) mass is 275 g/mol. The zero-order valence-electron chi connectivity index (χ0n) is 10.3. The summed E-state index contributed by atoms with van der Waals surface area (Å²) in [5.74, 6) is 0.381. The van der Waals surface area contributed by atoms with Crippen LogP contribution in [0.25, 0.3) is 0 Å². The van der Waals surface area contributed by atoms with Gasteiger partial charge in [-0.25, -0.2) is 0 Å². The Morgan fingerprint density at radius 1 is 1.61 bits per heavy atom. The van der Waals surface area contributed by atoms with E-state index in [0.717, 1.165) is 25.9 Å². The number of amides is 1. The van der Waals surface area contributed by atoms with Gasteiger partial charge in [-0.1, -0.05) is 5.16 Å². The number of hydrogen-bond acceptors (Lipinski definition) is 5. The van der Waals surface area contributed by atoms with Crippen LogP contribution in [0, 0.1) is 0 Å². The van der Waals surface area contributed by atoms with E-state index in [0.29, 0.717) is 18.1 Å². The fraction of sp³-hybridized carbons (Fsp3) is 0.636. The number of nitrogens with zero attached hydrogens (tertiary/aromatic N) is 1. The van der Waals surface area contributed by atoms with Gasteiger partial charge in [-0.05, 0) is 25.9 Å². The number of methoxy groups -OCH3 is 1. The summed E-state index contributed by atoms with van der Waals surface area (Å²) in [6.07, 6.45) is 1.91. The molecule has 18 heavy (non-hydrogen) atoms. The molecule has 0 aliphatic carbocycles. The molecule has 1 aromatic heterocycles. The van der Waals surface area contributed by atoms with Crippen molar-refractivity contribution in [1.82, 2.24) is 15.8 Å². The number of carbonyl (C=O) groups excluding carboxylic acids is 1. The van der Waals surface area contributed by atoms with Gasteiger partial charge in [0.2, 0.25) is 0 Å². The Morgan fingerprint density at radius 2 is 2.33 bits per heavy atom. The van der Waals surface area contributed by atoms with Gasteiger partial charge in [0.1, 0.15) is 6.61 Å². The SMILES string of the molecule is COCc1cc(C(=O)NC2CCNCC2)no1.Cl. The minimum absolute atomic E-state index is 0. The molecule has 0 radical (unpaired) electrons. The first-order valence-electron chi connectivity index (χ1n) is 5.75. The summed E-state index contributed by atoms with van der Waals surface area (Å²) in [7, 11) is 1.57. The first-order chi connectivity index (χ1) is 8.29. The van der Waals surface area contributed by atoms with E-state index in [9.17, 15) is 4.79 Å². The Hall–Kier alpha value is -1.11. The normalized spacial score (nSPS) is 16.1. The van der Waals surface area contributed by atoms with Gasteiger partial charge < -0.3 is 19.9 Å². The number of carbonyl (C=O) groups is 1. The van der Waals surface area contributed by atoms with Crippen LogP contribution in [0.1, 0.15) is 29.1 Å². The van der Waals surface area contributed by atoms with Crippen molar-refractivity contribution >= 4 is 18.3 Å². The second kappa shape index (κ2) is 7.35. The number of nitrogens with one attached hydrogen (secondary N) is 2. The molecule has 0 spiro atoms. The molecule has 1 saturated heterocycles. The number of hydrogen-bond donors (Lipinski definition) is 2. The van der Waals surface area contributed by atoms with Crippen LogP contribution in [0.15, 0.2) is 10.6 Å². The lowest BCUT2D eigenvalue weighted by molar-refractivity contribution is 0.0919. The molecule has 0 aromatic carbocycles. The van der Waals surface area contributed by atoms with Crippen molar-refractivity contribution in [3.63, 3.8) is 0 Å². The van der Waals surface area contributed by atoms with Gasteiger partial charge in [0.15, 0.2) is 11.5 Å². The smallest absolute Gasteiger partial charge is 0.273 e. The van der Waals surface area contributed by atoms with E-state index in [-0.39, 0.29) is 24.4 Å². The third-order valence-electron chi connectivity index (χ3n) is 2.75. The first-order valence-corrected chi connectivity index (χ1v) is 5.75. The van der Waals surface area contributed by atoms with Crippen LogP contribution >= 0.6 is 12.4 Å². The second-order valence-corrected chi connectivity index (χ2v) is 4.11. The van der Waals surface area contributed by atoms with Crippen molar-refractivity contribution in [2.45, 2.75) is 25.5 Å². The van der Waals surface area contributed by atoms with Gasteiger partial charge in [0.25, 0.3) is 5.91 Å². The highest BCUT2D eigenvalue weighted by Gasteiger charge is 2.18. The highest BCUT2D eigenvalue weighted by molar-refractivity contribution is 5.92. The lowest BCUT2D eigenvalue weighted by Gasteiger charge is -2.23. The Morgan fingerprint density at radius 3 is 3.00 bits per heavy atom. The summed E-state index contributed by atoms with van der Waals surface area (Å²) in [5.41, 5.74) is 0.315. The van der Waals surface area contributed by atoms with E-state index in [1.54, 1.807) is 13.2 Å². The molecule has 0 bridgehead atoms. The molecule has 7 heteroatoms. The van der Waals surface area contributed by atoms with Crippen molar-refractivity contribution in [3.8, 4) is 0 Å². The molecule has 0 saturated carbocycles. The summed E-state index contributed by atoms with van der Waals surface area (Å²) in [6, 6.07) is 1.84. The number of piperidine rings is 1. The molecule has 6 nitrogen and oxygen atoms in total. The molecule has 1 aliphatic rings. The standard InChI is InChI=1S/C11H17N3O3.ClH/c1-16-7-9-6-10(14-17-9)11(15)13-8-2-4-12-5-3-8;/h6,8,12H,2-5,7H2,1H3,(H,13,15);1H. The third-order valence-corrected chi connectivity index (χ3v) is 2.75. The van der Waals surface area contributed by atoms with E-state index < -0.39 is 0 Å². The number of ether oxygens (including phenoxy) is 1. The predicted molar refractivity (Wildman–Crippen MR) is 67.8 cm³/mol. The van der Waals surface area contributed by atoms with Crippen LogP contribution in [0.4, 0.5) is 0 Å². The van der Waals surface area contributed by atoms with E-state index in [1.165, 1.54) is 0 Å². The lowest BCUT2D eigenvalue weighted by atomic mass is 10.1. The van der Waals surface area contributed by atoms with Crippen LogP contribution in [-0.4, -0.2) is 37.3 Å². The van der Waals surface area contributed by atoms with Gasteiger partial charge in [-0.15, -0.1) is 12.4 Å². The van der Waals surface area contributed by atoms with Crippen LogP contribution in [-0.2, 0) is 11.3 Å². The Bertz CT molecular complexity index is 377. The molecule has 2 rings (SSSR count). The van der Waals surface area contributed by atoms with E-state index in [1.807, 2.05) is 0 Å². The van der Waals surface area contributed by atoms with Gasteiger partial charge in [-0.3, -0.25) is 4.79 Å². The van der Waals surface area contributed by atoms with Crippen LogP contribution in [0.3, 0.4) is 0 Å². The fourth-order valence-corrected chi connectivity index (χ4v) is 1.86. The zero-order chi connectivity index (χ0) is 12.1. The molecule has 1 fully saturated rings. The summed E-state index contributed by atoms with van der Waals surface area (Å²) < 4.78 is 9.86. The first kappa shape index (κ1) is 14.9. The van der Waals surface area contributed by atoms with Gasteiger partial charge >= 0.3 is 0 Å². The van der Waals surface area contributed by atoms with Crippen molar-refractivity contribution in [3.05, 3.63) is 17.5 Å². The molecular weight excluding hydrogens is 258 g/mol. The maximum atomic E-state index is 11.8. The average Bonchev–Trinajstić information content (AvgIpc) is 2.79. The van der Waals surface area contributed by atoms with Gasteiger partial charge in [-0.2, -0.15) is 0 Å². The summed E-state index contributed by atoms with van der Waals surface area (Å²) in [6.45, 7) is 2.21. The minimum atomic E-state index is -0.178. The molecule has 2 heterocycles. The molecule has 2 N–H and O–H groups in total. The number of aromatic nitrogens is 1. The van der Waals surface area contributed by atoms with Crippen LogP contribution in [0.2, 0.25) is 0 Å². The Kier molecular flexibility index (Phi) is 6.11. The minimum Gasteiger partial charge on any atom is -0.377 e. The van der Waals surface area contributed by atoms with Crippen LogP contribution < -0.4 is 10.6 Å². The average molecular weight is 276 g/mol. The van der Waals surface area contributed by atoms with Crippen LogP contribution in [0.5, 0.6) is 0 Å². The zero-order valence-corrected chi connectivity index (χ0v) is 11.1. The van der Waals surface area contributed by atoms with E-state index in [4.69, 9.17) is 9.26 Å². The molecule has 1 aromatic rings. The Labute approximate surface area is 112 Å². The molecule has 1 aliphatic heterocycles. The lowest BCUT2D eigenvalue weighted by Crippen LogP contribution is -2.42. The molecular formula is C11H18ClN3O3. The maximum absolute atomic E-state index is 11.8. The maximum Gasteiger partial charge on any atom is 0.273 e. The third kappa shape index (κ3) is 3.97. The van der Waals surface area contributed by atoms with E-state index >= 15 is 0 Å². The summed E-state index contributed by atoms with van der Waals surface area (Å²) in [4.78, 5) is 11.8. The quantitative estimate of drug-likeness (QED) is 0.847. The van der Waals surface area contributed by atoms with E-state index in [2.05, 4.69) is 15.8 Å². The van der Waals surface area contributed by atoms with Gasteiger partial charge in [0, 0.05) is 19.2 Å². The van der Waals surface area contributed by atoms with Crippen molar-refractivity contribution in [1.29, 1.82) is 0 Å². The number of rotatable bonds is 4. The van der Waals surface area contributed by atoms with Crippen molar-refractivity contribution in [2.24, 2.45) is 0 Å². The fourth-order valence-electron chi connectivity index (χ4n) is 1.86. The van der Waals surface area contributed by atoms with Gasteiger partial charge in [0.05, 0.1) is 0 Å². The number of halogens is 1. The van der Waals surface area contributed by atoms with Crippen molar-refractivity contribution in [2.75, 3.05) is 20.2 Å². The topological polar surface area (TPSA) is 76.4 Å². The molecule has 0 unspecified atom stereocenters. The molecule has 102 valence electrons. The highest BCUT2D eigenvalue weighted by atomic mass is 35.5. The molecule has 0 atom stereocenters. The largest absolute Gasteiger partial charge is 0.377 e. The molecule has 1 amide bonds. The van der Waals surface area contributed by atoms with Crippen molar-refractivity contribution < 1.29 is 14.1 Å². The second-order valence-electron chi connectivity index (χ2n) is 4.11. The summed E-state index contributed by atoms with van der Waals surface area (Å²) >= 11 is 0. The Balaban J connectivity index is 0.00000162.